The standard InChI is InChI=1S/C18H19N3O4/c1-12-19-18(25-20-12)14-6-8-21(9-7-14)17(22)5-3-13-2-4-15-16(10-13)24-11-23-15/h2-5,10,14H,6-9,11H2,1H3. The predicted octanol–water partition coefficient (Wildman–Crippen LogP) is 2.53. The van der Waals surface area contributed by atoms with Crippen molar-refractivity contribution in [3.8, 4) is 11.5 Å². The minimum Gasteiger partial charge on any atom is -0.454 e. The molecule has 0 atom stereocenters. The Labute approximate surface area is 145 Å². The Balaban J connectivity index is 1.34. The Hall–Kier alpha value is -2.83. The van der Waals surface area contributed by atoms with E-state index in [1.165, 1.54) is 0 Å². The third-order valence-electron chi connectivity index (χ3n) is 4.51. The number of ether oxygens (including phenoxy) is 2. The summed E-state index contributed by atoms with van der Waals surface area (Å²) in [6, 6.07) is 5.63. The van der Waals surface area contributed by atoms with Crippen molar-refractivity contribution in [1.82, 2.24) is 15.0 Å². The lowest BCUT2D eigenvalue weighted by molar-refractivity contribution is -0.127. The molecule has 0 aliphatic carbocycles. The number of carbonyl (C=O) groups is 1. The fourth-order valence-electron chi connectivity index (χ4n) is 3.12. The number of piperidine rings is 1. The highest BCUT2D eigenvalue weighted by atomic mass is 16.7. The minimum atomic E-state index is 0.0119. The average Bonchev–Trinajstić information content (AvgIpc) is 3.28. The van der Waals surface area contributed by atoms with Crippen LogP contribution >= 0.6 is 0 Å². The maximum atomic E-state index is 12.4. The smallest absolute Gasteiger partial charge is 0.246 e. The van der Waals surface area contributed by atoms with Gasteiger partial charge in [0.2, 0.25) is 18.6 Å². The third kappa shape index (κ3) is 3.35. The molecule has 0 radical (unpaired) electrons. The molecule has 1 aromatic carbocycles. The molecule has 0 bridgehead atoms. The molecule has 0 N–H and O–H groups in total. The molecule has 0 spiro atoms. The number of carbonyl (C=O) groups excluding carboxylic acids is 1. The second kappa shape index (κ2) is 6.58. The van der Waals surface area contributed by atoms with E-state index in [-0.39, 0.29) is 18.6 Å². The summed E-state index contributed by atoms with van der Waals surface area (Å²) in [5.74, 6) is 3.04. The summed E-state index contributed by atoms with van der Waals surface area (Å²) < 4.78 is 15.9. The molecule has 2 aliphatic rings. The lowest BCUT2D eigenvalue weighted by atomic mass is 9.96. The molecule has 4 rings (SSSR count). The Morgan fingerprint density at radius 1 is 1.24 bits per heavy atom. The number of fused-ring (bicyclic) bond motifs is 1. The van der Waals surface area contributed by atoms with Crippen LogP contribution in [0.4, 0.5) is 0 Å². The number of nitrogens with zero attached hydrogens (tertiary/aromatic N) is 3. The van der Waals surface area contributed by atoms with Crippen LogP contribution in [0.5, 0.6) is 11.5 Å². The first-order chi connectivity index (χ1) is 12.2. The number of benzene rings is 1. The molecule has 1 saturated heterocycles. The van der Waals surface area contributed by atoms with Crippen molar-refractivity contribution in [1.29, 1.82) is 0 Å². The third-order valence-corrected chi connectivity index (χ3v) is 4.51. The number of aromatic nitrogens is 2. The molecule has 0 saturated carbocycles. The van der Waals surface area contributed by atoms with Gasteiger partial charge in [-0.15, -0.1) is 0 Å². The van der Waals surface area contributed by atoms with E-state index in [0.717, 1.165) is 24.2 Å². The van der Waals surface area contributed by atoms with Crippen LogP contribution < -0.4 is 9.47 Å². The Morgan fingerprint density at radius 3 is 2.80 bits per heavy atom. The Bertz CT molecular complexity index is 806. The second-order valence-electron chi connectivity index (χ2n) is 6.23. The van der Waals surface area contributed by atoms with E-state index in [1.807, 2.05) is 30.0 Å². The number of hydrogen-bond acceptors (Lipinski definition) is 6. The van der Waals surface area contributed by atoms with E-state index in [9.17, 15) is 4.79 Å². The zero-order valence-corrected chi connectivity index (χ0v) is 14.0. The fraction of sp³-hybridized carbons (Fsp3) is 0.389. The minimum absolute atomic E-state index is 0.0119. The maximum Gasteiger partial charge on any atom is 0.246 e. The normalized spacial score (nSPS) is 17.4. The summed E-state index contributed by atoms with van der Waals surface area (Å²) in [5, 5.41) is 3.84. The van der Waals surface area contributed by atoms with Crippen molar-refractivity contribution < 1.29 is 18.8 Å². The molecule has 7 heteroatoms. The molecule has 0 unspecified atom stereocenters. The van der Waals surface area contributed by atoms with Gasteiger partial charge in [0, 0.05) is 25.1 Å². The van der Waals surface area contributed by atoms with Crippen LogP contribution in [0.2, 0.25) is 0 Å². The molecule has 1 aromatic heterocycles. The highest BCUT2D eigenvalue weighted by Gasteiger charge is 2.26. The molecule has 130 valence electrons. The van der Waals surface area contributed by atoms with Gasteiger partial charge in [-0.1, -0.05) is 11.2 Å². The molecule has 7 nitrogen and oxygen atoms in total. The van der Waals surface area contributed by atoms with Gasteiger partial charge in [-0.3, -0.25) is 4.79 Å². The first-order valence-electron chi connectivity index (χ1n) is 8.36. The molecular formula is C18H19N3O4. The lowest BCUT2D eigenvalue weighted by Crippen LogP contribution is -2.36. The first-order valence-corrected chi connectivity index (χ1v) is 8.36. The highest BCUT2D eigenvalue weighted by Crippen LogP contribution is 2.33. The highest BCUT2D eigenvalue weighted by molar-refractivity contribution is 5.92. The largest absolute Gasteiger partial charge is 0.454 e. The monoisotopic (exact) mass is 341 g/mol. The van der Waals surface area contributed by atoms with Crippen molar-refractivity contribution in [3.05, 3.63) is 41.6 Å². The van der Waals surface area contributed by atoms with Crippen LogP contribution in [0, 0.1) is 6.92 Å². The van der Waals surface area contributed by atoms with E-state index in [1.54, 1.807) is 12.2 Å². The van der Waals surface area contributed by atoms with Crippen LogP contribution in [0.3, 0.4) is 0 Å². The van der Waals surface area contributed by atoms with Crippen molar-refractivity contribution in [2.24, 2.45) is 0 Å². The van der Waals surface area contributed by atoms with E-state index < -0.39 is 0 Å². The Morgan fingerprint density at radius 2 is 2.04 bits per heavy atom. The van der Waals surface area contributed by atoms with Crippen molar-refractivity contribution in [3.63, 3.8) is 0 Å². The number of amides is 1. The van der Waals surface area contributed by atoms with Gasteiger partial charge in [-0.25, -0.2) is 0 Å². The maximum absolute atomic E-state index is 12.4. The summed E-state index contributed by atoms with van der Waals surface area (Å²) in [6.45, 7) is 3.44. The number of rotatable bonds is 3. The average molecular weight is 341 g/mol. The zero-order valence-electron chi connectivity index (χ0n) is 14.0. The Kier molecular flexibility index (Phi) is 4.13. The first kappa shape index (κ1) is 15.7. The van der Waals surface area contributed by atoms with Gasteiger partial charge in [0.05, 0.1) is 0 Å². The van der Waals surface area contributed by atoms with Gasteiger partial charge >= 0.3 is 0 Å². The summed E-state index contributed by atoms with van der Waals surface area (Å²) >= 11 is 0. The quantitative estimate of drug-likeness (QED) is 0.799. The van der Waals surface area contributed by atoms with Crippen LogP contribution in [0.15, 0.2) is 28.8 Å². The van der Waals surface area contributed by atoms with Crippen LogP contribution in [-0.4, -0.2) is 40.8 Å². The summed E-state index contributed by atoms with van der Waals surface area (Å²) in [7, 11) is 0. The molecule has 2 aliphatic heterocycles. The molecule has 2 aromatic rings. The van der Waals surface area contributed by atoms with Gasteiger partial charge in [0.25, 0.3) is 0 Å². The predicted molar refractivity (Wildman–Crippen MR) is 89.2 cm³/mol. The van der Waals surface area contributed by atoms with Gasteiger partial charge in [-0.05, 0) is 43.5 Å². The van der Waals surface area contributed by atoms with Gasteiger partial charge in [0.15, 0.2) is 17.3 Å². The summed E-state index contributed by atoms with van der Waals surface area (Å²) in [6.07, 6.45) is 5.09. The second-order valence-corrected chi connectivity index (χ2v) is 6.23. The lowest BCUT2D eigenvalue weighted by Gasteiger charge is -2.29. The van der Waals surface area contributed by atoms with E-state index in [2.05, 4.69) is 10.1 Å². The molecule has 25 heavy (non-hydrogen) atoms. The summed E-state index contributed by atoms with van der Waals surface area (Å²) in [4.78, 5) is 18.5. The van der Waals surface area contributed by atoms with Crippen molar-refractivity contribution >= 4 is 12.0 Å². The molecule has 1 amide bonds. The van der Waals surface area contributed by atoms with E-state index >= 15 is 0 Å². The van der Waals surface area contributed by atoms with Gasteiger partial charge in [0.1, 0.15) is 0 Å². The number of hydrogen-bond donors (Lipinski definition) is 0. The SMILES string of the molecule is Cc1noc(C2CCN(C(=O)C=Cc3ccc4c(c3)OCO4)CC2)n1. The van der Waals surface area contributed by atoms with Crippen LogP contribution in [0.1, 0.15) is 36.0 Å². The number of likely N-dealkylation sites (tertiary alicyclic amines) is 1. The molecular weight excluding hydrogens is 322 g/mol. The molecule has 1 fully saturated rings. The van der Waals surface area contributed by atoms with Crippen LogP contribution in [-0.2, 0) is 4.79 Å². The number of aryl methyl sites for hydroxylation is 1. The van der Waals surface area contributed by atoms with Crippen LogP contribution in [0.25, 0.3) is 6.08 Å². The topological polar surface area (TPSA) is 77.7 Å². The summed E-state index contributed by atoms with van der Waals surface area (Å²) in [5.41, 5.74) is 0.911. The van der Waals surface area contributed by atoms with Crippen molar-refractivity contribution in [2.45, 2.75) is 25.7 Å². The zero-order chi connectivity index (χ0) is 17.2. The van der Waals surface area contributed by atoms with Gasteiger partial charge < -0.3 is 18.9 Å². The molecule has 3 heterocycles. The van der Waals surface area contributed by atoms with Gasteiger partial charge in [-0.2, -0.15) is 4.98 Å². The fourth-order valence-corrected chi connectivity index (χ4v) is 3.12. The van der Waals surface area contributed by atoms with E-state index in [4.69, 9.17) is 14.0 Å². The van der Waals surface area contributed by atoms with Crippen molar-refractivity contribution in [2.75, 3.05) is 19.9 Å². The van der Waals surface area contributed by atoms with E-state index in [0.29, 0.717) is 30.6 Å².